The number of aryl methyl sites for hydroxylation is 1. The monoisotopic (exact) mass is 372 g/mol. The molecule has 1 aliphatic rings. The molecule has 0 unspecified atom stereocenters. The summed E-state index contributed by atoms with van der Waals surface area (Å²) in [5.41, 5.74) is 3.38. The lowest BCUT2D eigenvalue weighted by molar-refractivity contribution is -0.0829. The molecule has 4 rings (SSSR count). The molecule has 1 N–H and O–H groups in total. The van der Waals surface area contributed by atoms with Crippen molar-refractivity contribution in [2.24, 2.45) is 7.05 Å². The number of anilines is 1. The van der Waals surface area contributed by atoms with E-state index in [1.807, 2.05) is 67.8 Å². The van der Waals surface area contributed by atoms with Gasteiger partial charge in [-0.2, -0.15) is 10.2 Å². The molecule has 0 bridgehead atoms. The number of aromatic nitrogens is 2. The Morgan fingerprint density at radius 3 is 2.75 bits per heavy atom. The van der Waals surface area contributed by atoms with Gasteiger partial charge < -0.3 is 5.32 Å². The summed E-state index contributed by atoms with van der Waals surface area (Å²) in [4.78, 5) is 18.3. The van der Waals surface area contributed by atoms with Gasteiger partial charge in [-0.05, 0) is 23.8 Å². The van der Waals surface area contributed by atoms with Crippen LogP contribution in [0, 0.1) is 11.8 Å². The molecule has 0 saturated carbocycles. The van der Waals surface area contributed by atoms with Crippen molar-refractivity contribution in [1.82, 2.24) is 14.8 Å². The summed E-state index contributed by atoms with van der Waals surface area (Å²) in [6.45, 7) is 0.517. The summed E-state index contributed by atoms with van der Waals surface area (Å²) in [6, 6.07) is 17.0. The van der Waals surface area contributed by atoms with Crippen LogP contribution < -0.4 is 5.32 Å². The molecule has 3 aromatic rings. The molecular formula is C22H20N4O2. The van der Waals surface area contributed by atoms with E-state index in [4.69, 9.17) is 4.84 Å². The van der Waals surface area contributed by atoms with Crippen molar-refractivity contribution in [3.8, 4) is 11.8 Å². The minimum Gasteiger partial charge on any atom is -0.306 e. The molecule has 28 heavy (non-hydrogen) atoms. The van der Waals surface area contributed by atoms with Crippen LogP contribution in [0.4, 0.5) is 10.5 Å². The molecule has 1 aromatic heterocycles. The molecule has 1 saturated heterocycles. The maximum Gasteiger partial charge on any atom is 0.346 e. The van der Waals surface area contributed by atoms with E-state index in [1.54, 1.807) is 10.9 Å². The Morgan fingerprint density at radius 1 is 1.14 bits per heavy atom. The summed E-state index contributed by atoms with van der Waals surface area (Å²) in [5.74, 6) is 6.16. The zero-order chi connectivity index (χ0) is 19.3. The van der Waals surface area contributed by atoms with E-state index in [1.165, 1.54) is 5.06 Å². The van der Waals surface area contributed by atoms with Crippen LogP contribution in [0.5, 0.6) is 0 Å². The van der Waals surface area contributed by atoms with E-state index >= 15 is 0 Å². The van der Waals surface area contributed by atoms with Crippen LogP contribution in [0.25, 0.3) is 0 Å². The number of carbonyl (C=O) groups excluding carboxylic acids is 1. The SMILES string of the molecule is Cn1cc(C#Cc2cccc(NC(=O)N3OCC[C@H]3c3ccccc3)c2)cn1. The lowest BCUT2D eigenvalue weighted by Crippen LogP contribution is -2.33. The first kappa shape index (κ1) is 17.8. The van der Waals surface area contributed by atoms with Crippen molar-refractivity contribution in [3.05, 3.63) is 83.7 Å². The summed E-state index contributed by atoms with van der Waals surface area (Å²) in [6.07, 6.45) is 4.34. The normalized spacial score (nSPS) is 15.8. The average molecular weight is 372 g/mol. The van der Waals surface area contributed by atoms with Crippen molar-refractivity contribution in [3.63, 3.8) is 0 Å². The maximum atomic E-state index is 12.7. The Kier molecular flexibility index (Phi) is 5.09. The third kappa shape index (κ3) is 4.05. The fraction of sp³-hybridized carbons (Fsp3) is 0.182. The average Bonchev–Trinajstić information content (AvgIpc) is 3.36. The summed E-state index contributed by atoms with van der Waals surface area (Å²) in [7, 11) is 1.85. The van der Waals surface area contributed by atoms with Gasteiger partial charge in [0.2, 0.25) is 0 Å². The zero-order valence-corrected chi connectivity index (χ0v) is 15.5. The smallest absolute Gasteiger partial charge is 0.306 e. The van der Waals surface area contributed by atoms with Crippen LogP contribution in [0.3, 0.4) is 0 Å². The predicted octanol–water partition coefficient (Wildman–Crippen LogP) is 3.73. The number of nitrogens with zero attached hydrogens (tertiary/aromatic N) is 3. The topological polar surface area (TPSA) is 59.4 Å². The van der Waals surface area contributed by atoms with Gasteiger partial charge >= 0.3 is 6.03 Å². The van der Waals surface area contributed by atoms with E-state index in [0.717, 1.165) is 23.1 Å². The Labute approximate surface area is 163 Å². The Hall–Kier alpha value is -3.56. The molecule has 0 spiro atoms. The van der Waals surface area contributed by atoms with Gasteiger partial charge in [-0.25, -0.2) is 4.79 Å². The van der Waals surface area contributed by atoms with Crippen molar-refractivity contribution >= 4 is 11.7 Å². The fourth-order valence-electron chi connectivity index (χ4n) is 3.13. The van der Waals surface area contributed by atoms with Gasteiger partial charge in [0, 0.05) is 30.9 Å². The summed E-state index contributed by atoms with van der Waals surface area (Å²) < 4.78 is 1.71. The van der Waals surface area contributed by atoms with Gasteiger partial charge in [0.1, 0.15) is 0 Å². The van der Waals surface area contributed by atoms with Crippen LogP contribution in [0.1, 0.15) is 29.2 Å². The van der Waals surface area contributed by atoms with Crippen molar-refractivity contribution < 1.29 is 9.63 Å². The second kappa shape index (κ2) is 7.99. The summed E-state index contributed by atoms with van der Waals surface area (Å²) >= 11 is 0. The molecule has 2 aromatic carbocycles. The van der Waals surface area contributed by atoms with Gasteiger partial charge in [0.25, 0.3) is 0 Å². The van der Waals surface area contributed by atoms with Gasteiger partial charge in [-0.15, -0.1) is 0 Å². The quantitative estimate of drug-likeness (QED) is 0.698. The van der Waals surface area contributed by atoms with E-state index in [9.17, 15) is 4.79 Å². The zero-order valence-electron chi connectivity index (χ0n) is 15.5. The standard InChI is InChI=1S/C22H20N4O2/c1-25-16-18(15-23-25)11-10-17-6-5-9-20(14-17)24-22(27)26-21(12-13-28-26)19-7-3-2-4-8-19/h2-9,14-16,21H,12-13H2,1H3,(H,24,27)/t21-/m0/s1. The minimum atomic E-state index is -0.288. The molecule has 2 amide bonds. The first-order valence-electron chi connectivity index (χ1n) is 9.08. The molecule has 2 heterocycles. The molecule has 140 valence electrons. The van der Waals surface area contributed by atoms with Crippen molar-refractivity contribution in [1.29, 1.82) is 0 Å². The molecule has 6 heteroatoms. The Bertz CT molecular complexity index is 1030. The first-order chi connectivity index (χ1) is 13.7. The molecule has 1 aliphatic heterocycles. The number of hydroxylamine groups is 2. The second-order valence-corrected chi connectivity index (χ2v) is 6.54. The van der Waals surface area contributed by atoms with Gasteiger partial charge in [-0.3, -0.25) is 9.52 Å². The predicted molar refractivity (Wildman–Crippen MR) is 106 cm³/mol. The number of rotatable bonds is 2. The number of amides is 2. The van der Waals surface area contributed by atoms with Crippen LogP contribution in [-0.2, 0) is 11.9 Å². The Balaban J connectivity index is 1.47. The number of nitrogens with one attached hydrogen (secondary N) is 1. The highest BCUT2D eigenvalue weighted by molar-refractivity contribution is 5.89. The van der Waals surface area contributed by atoms with Gasteiger partial charge in [0.05, 0.1) is 24.4 Å². The lowest BCUT2D eigenvalue weighted by Gasteiger charge is -2.23. The van der Waals surface area contributed by atoms with Crippen LogP contribution >= 0.6 is 0 Å². The third-order valence-electron chi connectivity index (χ3n) is 4.46. The molecule has 0 aliphatic carbocycles. The molecular weight excluding hydrogens is 352 g/mol. The van der Waals surface area contributed by atoms with E-state index in [0.29, 0.717) is 12.3 Å². The molecule has 1 atom stereocenters. The van der Waals surface area contributed by atoms with Crippen LogP contribution in [0.2, 0.25) is 0 Å². The molecule has 6 nitrogen and oxygen atoms in total. The van der Waals surface area contributed by atoms with Gasteiger partial charge in [0.15, 0.2) is 0 Å². The van der Waals surface area contributed by atoms with E-state index < -0.39 is 0 Å². The lowest BCUT2D eigenvalue weighted by atomic mass is 10.1. The van der Waals surface area contributed by atoms with Crippen molar-refractivity contribution in [2.45, 2.75) is 12.5 Å². The second-order valence-electron chi connectivity index (χ2n) is 6.54. The highest BCUT2D eigenvalue weighted by Gasteiger charge is 2.31. The number of urea groups is 1. The van der Waals surface area contributed by atoms with Crippen LogP contribution in [-0.4, -0.2) is 27.5 Å². The Morgan fingerprint density at radius 2 is 1.96 bits per heavy atom. The molecule has 0 radical (unpaired) electrons. The highest BCUT2D eigenvalue weighted by atomic mass is 16.7. The maximum absolute atomic E-state index is 12.7. The highest BCUT2D eigenvalue weighted by Crippen LogP contribution is 2.30. The third-order valence-corrected chi connectivity index (χ3v) is 4.46. The van der Waals surface area contributed by atoms with Crippen molar-refractivity contribution in [2.75, 3.05) is 11.9 Å². The van der Waals surface area contributed by atoms with E-state index in [-0.39, 0.29) is 12.1 Å². The number of carbonyl (C=O) groups is 1. The minimum absolute atomic E-state index is 0.0882. The summed E-state index contributed by atoms with van der Waals surface area (Å²) in [5, 5.41) is 8.42. The molecule has 1 fully saturated rings. The largest absolute Gasteiger partial charge is 0.346 e. The number of hydrogen-bond acceptors (Lipinski definition) is 3. The number of benzene rings is 2. The van der Waals surface area contributed by atoms with E-state index in [2.05, 4.69) is 22.3 Å². The first-order valence-corrected chi connectivity index (χ1v) is 9.08. The van der Waals surface area contributed by atoms with Gasteiger partial charge in [-0.1, -0.05) is 48.2 Å². The fourth-order valence-corrected chi connectivity index (χ4v) is 3.13. The number of hydrogen-bond donors (Lipinski definition) is 1. The van der Waals surface area contributed by atoms with Crippen LogP contribution in [0.15, 0.2) is 67.0 Å².